The molecule has 0 amide bonds. The lowest BCUT2D eigenvalue weighted by Gasteiger charge is -2.20. The van der Waals surface area contributed by atoms with Crippen molar-refractivity contribution in [3.05, 3.63) is 69.8 Å². The van der Waals surface area contributed by atoms with E-state index in [1.54, 1.807) is 0 Å². The number of nitrogens with one attached hydrogen (secondary N) is 2. The Labute approximate surface area is 150 Å². The Bertz CT molecular complexity index is 1170. The van der Waals surface area contributed by atoms with Crippen LogP contribution in [0.3, 0.4) is 0 Å². The third-order valence-corrected chi connectivity index (χ3v) is 5.12. The van der Waals surface area contributed by atoms with Gasteiger partial charge in [-0.2, -0.15) is 0 Å². The zero-order chi connectivity index (χ0) is 17.5. The molecule has 2 aromatic heterocycles. The number of anilines is 1. The highest BCUT2D eigenvalue weighted by Crippen LogP contribution is 2.28. The summed E-state index contributed by atoms with van der Waals surface area (Å²) >= 11 is 0. The number of aryl methyl sites for hydroxylation is 1. The fourth-order valence-corrected chi connectivity index (χ4v) is 3.86. The van der Waals surface area contributed by atoms with Crippen molar-refractivity contribution in [1.29, 1.82) is 0 Å². The van der Waals surface area contributed by atoms with Crippen LogP contribution >= 0.6 is 0 Å². The molecule has 0 bridgehead atoms. The van der Waals surface area contributed by atoms with Gasteiger partial charge in [0.25, 0.3) is 5.56 Å². The van der Waals surface area contributed by atoms with E-state index in [-0.39, 0.29) is 11.1 Å². The number of aromatic amines is 1. The number of hydrogen-bond donors (Lipinski definition) is 2. The molecule has 0 saturated heterocycles. The Morgan fingerprint density at radius 1 is 1.08 bits per heavy atom. The van der Waals surface area contributed by atoms with Gasteiger partial charge in [0, 0.05) is 11.1 Å². The first-order valence-electron chi connectivity index (χ1n) is 9.05. The number of nitrogens with zero attached hydrogens (tertiary/aromatic N) is 1. The first-order chi connectivity index (χ1) is 12.8. The minimum atomic E-state index is -0.238. The number of furan rings is 1. The molecule has 4 aromatic rings. The zero-order valence-corrected chi connectivity index (χ0v) is 14.3. The van der Waals surface area contributed by atoms with Gasteiger partial charge in [-0.3, -0.25) is 4.79 Å². The van der Waals surface area contributed by atoms with E-state index in [9.17, 15) is 4.79 Å². The predicted molar refractivity (Wildman–Crippen MR) is 103 cm³/mol. The molecule has 2 heterocycles. The lowest BCUT2D eigenvalue weighted by Crippen LogP contribution is -2.15. The highest BCUT2D eigenvalue weighted by Gasteiger charge is 2.15. The summed E-state index contributed by atoms with van der Waals surface area (Å²) in [7, 11) is 0. The van der Waals surface area contributed by atoms with Crippen molar-refractivity contribution in [3.8, 4) is 0 Å². The molecule has 5 rings (SSSR count). The molecule has 0 saturated carbocycles. The lowest BCUT2D eigenvalue weighted by molar-refractivity contribution is 0.659. The molecule has 0 radical (unpaired) electrons. The lowest BCUT2D eigenvalue weighted by atomic mass is 9.90. The van der Waals surface area contributed by atoms with Gasteiger partial charge in [-0.25, -0.2) is 4.98 Å². The van der Waals surface area contributed by atoms with Crippen molar-refractivity contribution in [2.45, 2.75) is 32.2 Å². The summed E-state index contributed by atoms with van der Waals surface area (Å²) in [4.78, 5) is 19.9. The van der Waals surface area contributed by atoms with Gasteiger partial charge in [0.15, 0.2) is 0 Å². The number of benzene rings is 2. The number of H-pyrrole nitrogens is 1. The predicted octanol–water partition coefficient (Wildman–Crippen LogP) is 4.16. The number of rotatable bonds is 3. The smallest absolute Gasteiger partial charge is 0.294 e. The van der Waals surface area contributed by atoms with Crippen molar-refractivity contribution in [3.63, 3.8) is 0 Å². The van der Waals surface area contributed by atoms with Gasteiger partial charge < -0.3 is 14.7 Å². The Kier molecular flexibility index (Phi) is 3.52. The second kappa shape index (κ2) is 6.02. The number of para-hydroxylation sites is 1. The highest BCUT2D eigenvalue weighted by atomic mass is 16.3. The monoisotopic (exact) mass is 345 g/mol. The van der Waals surface area contributed by atoms with E-state index in [2.05, 4.69) is 33.5 Å². The van der Waals surface area contributed by atoms with Crippen molar-refractivity contribution < 1.29 is 4.42 Å². The second-order valence-corrected chi connectivity index (χ2v) is 6.79. The Morgan fingerprint density at radius 3 is 2.92 bits per heavy atom. The Balaban J connectivity index is 1.50. The van der Waals surface area contributed by atoms with E-state index in [0.29, 0.717) is 23.5 Å². The third kappa shape index (κ3) is 2.47. The van der Waals surface area contributed by atoms with Gasteiger partial charge >= 0.3 is 0 Å². The quantitative estimate of drug-likeness (QED) is 0.585. The summed E-state index contributed by atoms with van der Waals surface area (Å²) in [6.07, 6.45) is 4.74. The summed E-state index contributed by atoms with van der Waals surface area (Å²) in [5.74, 6) is 0.613. The van der Waals surface area contributed by atoms with Crippen molar-refractivity contribution in [1.82, 2.24) is 9.97 Å². The van der Waals surface area contributed by atoms with Crippen LogP contribution in [-0.4, -0.2) is 9.97 Å². The number of hydrogen-bond acceptors (Lipinski definition) is 4. The van der Waals surface area contributed by atoms with Crippen LogP contribution < -0.4 is 10.9 Å². The molecule has 0 unspecified atom stereocenters. The maximum atomic E-state index is 12.4. The molecular formula is C21H19N3O2. The molecule has 5 nitrogen and oxygen atoms in total. The molecular weight excluding hydrogens is 326 g/mol. The molecule has 0 aliphatic heterocycles. The summed E-state index contributed by atoms with van der Waals surface area (Å²) in [5.41, 5.74) is 5.32. The molecule has 0 atom stereocenters. The van der Waals surface area contributed by atoms with E-state index >= 15 is 0 Å². The Hall–Kier alpha value is -3.08. The molecule has 1 aliphatic carbocycles. The average Bonchev–Trinajstić information content (AvgIpc) is 3.06. The molecule has 2 N–H and O–H groups in total. The van der Waals surface area contributed by atoms with Gasteiger partial charge in [-0.05, 0) is 55.0 Å². The van der Waals surface area contributed by atoms with Crippen molar-refractivity contribution in [2.75, 3.05) is 5.32 Å². The normalized spacial score (nSPS) is 13.8. The van der Waals surface area contributed by atoms with E-state index in [1.807, 2.05) is 24.3 Å². The maximum Gasteiger partial charge on any atom is 0.294 e. The Morgan fingerprint density at radius 2 is 1.96 bits per heavy atom. The van der Waals surface area contributed by atoms with E-state index in [4.69, 9.17) is 4.42 Å². The molecule has 2 aromatic carbocycles. The summed E-state index contributed by atoms with van der Waals surface area (Å²) in [6, 6.07) is 14.0. The van der Waals surface area contributed by atoms with Crippen LogP contribution in [0.25, 0.3) is 22.1 Å². The van der Waals surface area contributed by atoms with Crippen LogP contribution in [0.1, 0.15) is 29.8 Å². The average molecular weight is 345 g/mol. The fraction of sp³-hybridized carbons (Fsp3) is 0.238. The van der Waals surface area contributed by atoms with Crippen LogP contribution in [0.2, 0.25) is 0 Å². The van der Waals surface area contributed by atoms with Crippen LogP contribution in [0, 0.1) is 0 Å². The molecule has 1 aliphatic rings. The molecule has 0 spiro atoms. The van der Waals surface area contributed by atoms with Crippen molar-refractivity contribution in [2.24, 2.45) is 0 Å². The molecule has 130 valence electrons. The van der Waals surface area contributed by atoms with E-state index in [0.717, 1.165) is 23.9 Å². The number of aromatic nitrogens is 2. The topological polar surface area (TPSA) is 70.9 Å². The van der Waals surface area contributed by atoms with Gasteiger partial charge in [0.05, 0.1) is 6.54 Å². The number of fused-ring (bicyclic) bond motifs is 4. The van der Waals surface area contributed by atoms with Gasteiger partial charge in [-0.15, -0.1) is 0 Å². The first kappa shape index (κ1) is 15.2. The van der Waals surface area contributed by atoms with E-state index in [1.165, 1.54) is 24.0 Å². The van der Waals surface area contributed by atoms with Crippen LogP contribution in [-0.2, 0) is 19.4 Å². The standard InChI is InChI=1S/C21H19N3O2/c25-21-20-19(15-9-3-4-11-17(15)26-20)23-18(24-21)12-22-16-10-5-7-13-6-1-2-8-14(13)16/h3-5,7,9-11,22H,1-2,6,8,12H2,(H,23,24,25). The van der Waals surface area contributed by atoms with Crippen molar-refractivity contribution >= 4 is 27.8 Å². The molecule has 5 heteroatoms. The zero-order valence-electron chi connectivity index (χ0n) is 14.3. The minimum Gasteiger partial charge on any atom is -0.449 e. The third-order valence-electron chi connectivity index (χ3n) is 5.12. The largest absolute Gasteiger partial charge is 0.449 e. The molecule has 26 heavy (non-hydrogen) atoms. The first-order valence-corrected chi connectivity index (χ1v) is 9.05. The SMILES string of the molecule is O=c1[nH]c(CNc2cccc3c2CCCC3)nc2c1oc1ccccc12. The fourth-order valence-electron chi connectivity index (χ4n) is 3.86. The molecule has 0 fully saturated rings. The van der Waals surface area contributed by atoms with Crippen LogP contribution in [0.15, 0.2) is 51.7 Å². The second-order valence-electron chi connectivity index (χ2n) is 6.79. The van der Waals surface area contributed by atoms with E-state index < -0.39 is 0 Å². The van der Waals surface area contributed by atoms with Crippen LogP contribution in [0.4, 0.5) is 5.69 Å². The summed E-state index contributed by atoms with van der Waals surface area (Å²) < 4.78 is 5.65. The minimum absolute atomic E-state index is 0.238. The van der Waals surface area contributed by atoms with Crippen LogP contribution in [0.5, 0.6) is 0 Å². The maximum absolute atomic E-state index is 12.4. The highest BCUT2D eigenvalue weighted by molar-refractivity contribution is 6.01. The van der Waals surface area contributed by atoms with Gasteiger partial charge in [-0.1, -0.05) is 24.3 Å². The van der Waals surface area contributed by atoms with Gasteiger partial charge in [0.2, 0.25) is 5.58 Å². The van der Waals surface area contributed by atoms with Gasteiger partial charge in [0.1, 0.15) is 16.9 Å². The summed E-state index contributed by atoms with van der Waals surface area (Å²) in [6.45, 7) is 0.473. The summed E-state index contributed by atoms with van der Waals surface area (Å²) in [5, 5.41) is 4.33.